The first-order valence-corrected chi connectivity index (χ1v) is 8.06. The maximum absolute atomic E-state index is 11.5. The predicted molar refractivity (Wildman–Crippen MR) is 84.1 cm³/mol. The van der Waals surface area contributed by atoms with Crippen LogP contribution >= 0.6 is 0 Å². The average Bonchev–Trinajstić information content (AvgIpc) is 2.93. The van der Waals surface area contributed by atoms with E-state index >= 15 is 0 Å². The minimum atomic E-state index is -0.985. The van der Waals surface area contributed by atoms with Crippen molar-refractivity contribution in [1.29, 1.82) is 0 Å². The van der Waals surface area contributed by atoms with Crippen molar-refractivity contribution in [1.82, 2.24) is 9.78 Å². The molecule has 3 rings (SSSR count). The highest BCUT2D eigenvalue weighted by molar-refractivity contribution is 6.01. The van der Waals surface area contributed by atoms with Crippen LogP contribution in [0.3, 0.4) is 0 Å². The number of rotatable bonds is 5. The number of hydrogen-bond donors (Lipinski definition) is 1. The van der Waals surface area contributed by atoms with E-state index in [2.05, 4.69) is 18.1 Å². The molecule has 1 aromatic heterocycles. The van der Waals surface area contributed by atoms with Gasteiger partial charge in [0, 0.05) is 12.0 Å². The number of carboxylic acid groups (broad SMARTS) is 1. The van der Waals surface area contributed by atoms with E-state index < -0.39 is 5.97 Å². The standard InChI is InChI=1S/C17H22N2O3/c1-2-3-6-12-8-9-13-14(11-12)19(18-16(13)17(20)21)15-7-4-5-10-22-15/h8-9,11,15H,2-7,10H2,1H3,(H,20,21). The van der Waals surface area contributed by atoms with E-state index in [0.717, 1.165) is 44.0 Å². The second-order valence-corrected chi connectivity index (χ2v) is 5.87. The average molecular weight is 302 g/mol. The zero-order valence-corrected chi connectivity index (χ0v) is 12.9. The molecule has 1 N–H and O–H groups in total. The lowest BCUT2D eigenvalue weighted by atomic mass is 10.1. The van der Waals surface area contributed by atoms with Gasteiger partial charge < -0.3 is 9.84 Å². The van der Waals surface area contributed by atoms with Crippen LogP contribution in [0.15, 0.2) is 18.2 Å². The van der Waals surface area contributed by atoms with Crippen molar-refractivity contribution in [3.05, 3.63) is 29.5 Å². The number of aromatic nitrogens is 2. The van der Waals surface area contributed by atoms with Gasteiger partial charge in [-0.3, -0.25) is 0 Å². The Hall–Kier alpha value is -1.88. The molecule has 0 bridgehead atoms. The van der Waals surface area contributed by atoms with Crippen molar-refractivity contribution < 1.29 is 14.6 Å². The molecule has 0 radical (unpaired) electrons. The summed E-state index contributed by atoms with van der Waals surface area (Å²) < 4.78 is 7.56. The van der Waals surface area contributed by atoms with Gasteiger partial charge >= 0.3 is 5.97 Å². The van der Waals surface area contributed by atoms with E-state index in [0.29, 0.717) is 12.0 Å². The highest BCUT2D eigenvalue weighted by Gasteiger charge is 2.23. The summed E-state index contributed by atoms with van der Waals surface area (Å²) in [5, 5.41) is 14.4. The zero-order valence-electron chi connectivity index (χ0n) is 12.9. The van der Waals surface area contributed by atoms with Crippen LogP contribution in [0.4, 0.5) is 0 Å². The molecule has 22 heavy (non-hydrogen) atoms. The second-order valence-electron chi connectivity index (χ2n) is 5.87. The fraction of sp³-hybridized carbons (Fsp3) is 0.529. The Morgan fingerprint density at radius 2 is 2.32 bits per heavy atom. The van der Waals surface area contributed by atoms with Gasteiger partial charge in [0.05, 0.1) is 5.52 Å². The topological polar surface area (TPSA) is 64.3 Å². The summed E-state index contributed by atoms with van der Waals surface area (Å²) in [7, 11) is 0. The number of hydrogen-bond acceptors (Lipinski definition) is 3. The summed E-state index contributed by atoms with van der Waals surface area (Å²) >= 11 is 0. The first kappa shape index (κ1) is 15.0. The van der Waals surface area contributed by atoms with Crippen LogP contribution in [0.5, 0.6) is 0 Å². The van der Waals surface area contributed by atoms with Crippen molar-refractivity contribution in [2.75, 3.05) is 6.61 Å². The highest BCUT2D eigenvalue weighted by Crippen LogP contribution is 2.29. The fourth-order valence-corrected chi connectivity index (χ4v) is 3.01. The van der Waals surface area contributed by atoms with E-state index in [1.807, 2.05) is 12.1 Å². The van der Waals surface area contributed by atoms with Gasteiger partial charge in [-0.05, 0) is 43.7 Å². The third-order valence-corrected chi connectivity index (χ3v) is 4.22. The number of aryl methyl sites for hydroxylation is 1. The normalized spacial score (nSPS) is 18.7. The van der Waals surface area contributed by atoms with Crippen LogP contribution in [-0.4, -0.2) is 27.5 Å². The molecule has 5 nitrogen and oxygen atoms in total. The van der Waals surface area contributed by atoms with E-state index in [1.54, 1.807) is 4.68 Å². The smallest absolute Gasteiger partial charge is 0.357 e. The van der Waals surface area contributed by atoms with Crippen molar-refractivity contribution in [2.45, 2.75) is 51.7 Å². The molecule has 1 aliphatic rings. The Labute approximate surface area is 129 Å². The summed E-state index contributed by atoms with van der Waals surface area (Å²) in [6, 6.07) is 5.97. The second kappa shape index (κ2) is 6.48. The van der Waals surface area contributed by atoms with Crippen molar-refractivity contribution in [3.8, 4) is 0 Å². The summed E-state index contributed by atoms with van der Waals surface area (Å²) in [5.74, 6) is -0.985. The molecular formula is C17H22N2O3. The minimum Gasteiger partial charge on any atom is -0.476 e. The van der Waals surface area contributed by atoms with Gasteiger partial charge in [-0.25, -0.2) is 9.48 Å². The molecule has 0 amide bonds. The maximum atomic E-state index is 11.5. The molecule has 1 aliphatic heterocycles. The Kier molecular flexibility index (Phi) is 4.43. The highest BCUT2D eigenvalue weighted by atomic mass is 16.5. The van der Waals surface area contributed by atoms with E-state index in [1.165, 1.54) is 5.56 Å². The molecule has 0 spiro atoms. The Balaban J connectivity index is 2.05. The Morgan fingerprint density at radius 3 is 3.00 bits per heavy atom. The van der Waals surface area contributed by atoms with Crippen LogP contribution in [0, 0.1) is 0 Å². The van der Waals surface area contributed by atoms with Gasteiger partial charge in [0.2, 0.25) is 0 Å². The lowest BCUT2D eigenvalue weighted by Crippen LogP contribution is -2.19. The molecule has 118 valence electrons. The quantitative estimate of drug-likeness (QED) is 0.913. The van der Waals surface area contributed by atoms with Gasteiger partial charge in [-0.1, -0.05) is 25.5 Å². The molecule has 1 aromatic carbocycles. The first-order chi connectivity index (χ1) is 10.7. The van der Waals surface area contributed by atoms with Gasteiger partial charge in [0.15, 0.2) is 11.9 Å². The third-order valence-electron chi connectivity index (χ3n) is 4.22. The van der Waals surface area contributed by atoms with E-state index in [4.69, 9.17) is 4.74 Å². The number of fused-ring (bicyclic) bond motifs is 1. The summed E-state index contributed by atoms with van der Waals surface area (Å²) in [6.07, 6.45) is 6.16. The molecule has 2 aromatic rings. The molecule has 5 heteroatoms. The largest absolute Gasteiger partial charge is 0.476 e. The number of benzene rings is 1. The molecule has 0 saturated carbocycles. The van der Waals surface area contributed by atoms with E-state index in [-0.39, 0.29) is 11.9 Å². The van der Waals surface area contributed by atoms with Gasteiger partial charge in [-0.2, -0.15) is 5.10 Å². The molecule has 2 heterocycles. The van der Waals surface area contributed by atoms with Crippen LogP contribution < -0.4 is 0 Å². The number of carbonyl (C=O) groups is 1. The van der Waals surface area contributed by atoms with Crippen molar-refractivity contribution in [2.24, 2.45) is 0 Å². The third kappa shape index (κ3) is 2.86. The lowest BCUT2D eigenvalue weighted by Gasteiger charge is -2.23. The van der Waals surface area contributed by atoms with Gasteiger partial charge in [0.25, 0.3) is 0 Å². The Bertz CT molecular complexity index is 672. The predicted octanol–water partition coefficient (Wildman–Crippen LogP) is 3.78. The molecule has 1 unspecified atom stereocenters. The molecule has 1 saturated heterocycles. The first-order valence-electron chi connectivity index (χ1n) is 8.06. The number of carboxylic acids is 1. The van der Waals surface area contributed by atoms with Gasteiger partial charge in [-0.15, -0.1) is 0 Å². The summed E-state index contributed by atoms with van der Waals surface area (Å²) in [4.78, 5) is 11.5. The SMILES string of the molecule is CCCCc1ccc2c(C(=O)O)nn(C3CCCCO3)c2c1. The van der Waals surface area contributed by atoms with Crippen LogP contribution in [0.1, 0.15) is 61.3 Å². The summed E-state index contributed by atoms with van der Waals surface area (Å²) in [5.41, 5.74) is 2.22. The molecular weight excluding hydrogens is 280 g/mol. The number of unbranched alkanes of at least 4 members (excludes halogenated alkanes) is 1. The monoisotopic (exact) mass is 302 g/mol. The number of ether oxygens (including phenoxy) is 1. The zero-order chi connectivity index (χ0) is 15.5. The fourth-order valence-electron chi connectivity index (χ4n) is 3.01. The van der Waals surface area contributed by atoms with Crippen LogP contribution in [0.2, 0.25) is 0 Å². The minimum absolute atomic E-state index is 0.117. The summed E-state index contributed by atoms with van der Waals surface area (Å²) in [6.45, 7) is 2.88. The van der Waals surface area contributed by atoms with Crippen LogP contribution in [-0.2, 0) is 11.2 Å². The van der Waals surface area contributed by atoms with Crippen molar-refractivity contribution in [3.63, 3.8) is 0 Å². The molecule has 1 fully saturated rings. The number of nitrogens with zero attached hydrogens (tertiary/aromatic N) is 2. The maximum Gasteiger partial charge on any atom is 0.357 e. The molecule has 0 aliphatic carbocycles. The van der Waals surface area contributed by atoms with Crippen LogP contribution in [0.25, 0.3) is 10.9 Å². The Morgan fingerprint density at radius 1 is 1.45 bits per heavy atom. The van der Waals surface area contributed by atoms with Gasteiger partial charge in [0.1, 0.15) is 0 Å². The molecule has 1 atom stereocenters. The van der Waals surface area contributed by atoms with E-state index in [9.17, 15) is 9.90 Å². The van der Waals surface area contributed by atoms with Crippen molar-refractivity contribution >= 4 is 16.9 Å². The lowest BCUT2D eigenvalue weighted by molar-refractivity contribution is -0.0368. The number of aromatic carboxylic acids is 1.